The summed E-state index contributed by atoms with van der Waals surface area (Å²) in [7, 11) is 0. The molecule has 3 heteroatoms. The lowest BCUT2D eigenvalue weighted by Crippen LogP contribution is -2.33. The molecule has 98 valence electrons. The molecule has 1 aromatic rings. The van der Waals surface area contributed by atoms with Crippen LogP contribution in [0.3, 0.4) is 0 Å². The molecule has 0 bridgehead atoms. The molecular formula is C15H20O3. The summed E-state index contributed by atoms with van der Waals surface area (Å²) < 4.78 is 11.5. The van der Waals surface area contributed by atoms with E-state index in [2.05, 4.69) is 19.1 Å². The van der Waals surface area contributed by atoms with Gasteiger partial charge in [0, 0.05) is 5.92 Å². The molecule has 1 N–H and O–H groups in total. The zero-order chi connectivity index (χ0) is 12.6. The lowest BCUT2D eigenvalue weighted by Gasteiger charge is -2.23. The van der Waals surface area contributed by atoms with Gasteiger partial charge in [0.1, 0.15) is 5.60 Å². The van der Waals surface area contributed by atoms with Crippen LogP contribution < -0.4 is 0 Å². The van der Waals surface area contributed by atoms with Gasteiger partial charge >= 0.3 is 0 Å². The molecule has 1 aliphatic carbocycles. The van der Waals surface area contributed by atoms with E-state index in [9.17, 15) is 5.11 Å². The van der Waals surface area contributed by atoms with E-state index in [1.54, 1.807) is 0 Å². The minimum atomic E-state index is -0.282. The molecule has 2 aliphatic rings. The van der Waals surface area contributed by atoms with Gasteiger partial charge in [0.2, 0.25) is 0 Å². The van der Waals surface area contributed by atoms with Crippen LogP contribution in [0.5, 0.6) is 0 Å². The minimum absolute atomic E-state index is 0.126. The number of aliphatic hydroxyl groups excluding tert-OH is 1. The van der Waals surface area contributed by atoms with E-state index in [1.165, 1.54) is 5.56 Å². The van der Waals surface area contributed by atoms with Crippen molar-refractivity contribution in [2.24, 2.45) is 11.8 Å². The Bertz CT molecular complexity index is 401. The van der Waals surface area contributed by atoms with Crippen molar-refractivity contribution in [1.82, 2.24) is 0 Å². The SMILES string of the molecule is CC1CC2OC2(CO)C1COCc1ccccc1. The van der Waals surface area contributed by atoms with Crippen LogP contribution in [0.15, 0.2) is 30.3 Å². The van der Waals surface area contributed by atoms with E-state index >= 15 is 0 Å². The first-order valence-electron chi connectivity index (χ1n) is 6.66. The molecule has 18 heavy (non-hydrogen) atoms. The van der Waals surface area contributed by atoms with Gasteiger partial charge in [-0.05, 0) is 17.9 Å². The maximum absolute atomic E-state index is 9.49. The molecule has 0 radical (unpaired) electrons. The maximum Gasteiger partial charge on any atom is 0.123 e. The van der Waals surface area contributed by atoms with Crippen molar-refractivity contribution >= 4 is 0 Å². The Balaban J connectivity index is 1.54. The molecule has 0 amide bonds. The van der Waals surface area contributed by atoms with Crippen LogP contribution in [0.1, 0.15) is 18.9 Å². The number of ether oxygens (including phenoxy) is 2. The second-order valence-corrected chi connectivity index (χ2v) is 5.54. The monoisotopic (exact) mass is 248 g/mol. The van der Waals surface area contributed by atoms with Crippen molar-refractivity contribution in [3.8, 4) is 0 Å². The first-order chi connectivity index (χ1) is 8.76. The molecular weight excluding hydrogens is 228 g/mol. The van der Waals surface area contributed by atoms with Crippen molar-refractivity contribution < 1.29 is 14.6 Å². The van der Waals surface area contributed by atoms with Crippen LogP contribution in [-0.2, 0) is 16.1 Å². The Hall–Kier alpha value is -0.900. The number of hydrogen-bond donors (Lipinski definition) is 1. The number of aliphatic hydroxyl groups is 1. The van der Waals surface area contributed by atoms with Gasteiger partial charge in [0.15, 0.2) is 0 Å². The first-order valence-corrected chi connectivity index (χ1v) is 6.66. The predicted molar refractivity (Wildman–Crippen MR) is 68.1 cm³/mol. The highest BCUT2D eigenvalue weighted by Gasteiger charge is 2.67. The lowest BCUT2D eigenvalue weighted by atomic mass is 9.90. The smallest absolute Gasteiger partial charge is 0.123 e. The zero-order valence-electron chi connectivity index (χ0n) is 10.7. The fourth-order valence-corrected chi connectivity index (χ4v) is 3.23. The van der Waals surface area contributed by atoms with Crippen molar-refractivity contribution in [3.05, 3.63) is 35.9 Å². The first kappa shape index (κ1) is 12.2. The molecule has 4 unspecified atom stereocenters. The highest BCUT2D eigenvalue weighted by molar-refractivity contribution is 5.15. The summed E-state index contributed by atoms with van der Waals surface area (Å²) in [6.07, 6.45) is 1.32. The average Bonchev–Trinajstić information content (AvgIpc) is 3.03. The summed E-state index contributed by atoms with van der Waals surface area (Å²) in [6.45, 7) is 3.66. The molecule has 1 aromatic carbocycles. The normalized spacial score (nSPS) is 37.6. The Morgan fingerprint density at radius 2 is 2.17 bits per heavy atom. The van der Waals surface area contributed by atoms with Gasteiger partial charge in [0.05, 0.1) is 25.9 Å². The molecule has 3 nitrogen and oxygen atoms in total. The number of benzene rings is 1. The quantitative estimate of drug-likeness (QED) is 0.810. The third-order valence-corrected chi connectivity index (χ3v) is 4.41. The van der Waals surface area contributed by atoms with Crippen molar-refractivity contribution in [3.63, 3.8) is 0 Å². The summed E-state index contributed by atoms with van der Waals surface area (Å²) in [6, 6.07) is 10.2. The van der Waals surface area contributed by atoms with Crippen LogP contribution in [0.4, 0.5) is 0 Å². The Morgan fingerprint density at radius 1 is 1.39 bits per heavy atom. The fourth-order valence-electron chi connectivity index (χ4n) is 3.23. The molecule has 1 aliphatic heterocycles. The summed E-state index contributed by atoms with van der Waals surface area (Å²) in [5.41, 5.74) is 0.908. The van der Waals surface area contributed by atoms with E-state index in [1.807, 2.05) is 18.2 Å². The topological polar surface area (TPSA) is 42.0 Å². The van der Waals surface area contributed by atoms with E-state index < -0.39 is 0 Å². The van der Waals surface area contributed by atoms with Crippen LogP contribution in [0.2, 0.25) is 0 Å². The number of fused-ring (bicyclic) bond motifs is 1. The summed E-state index contributed by atoms with van der Waals surface area (Å²) >= 11 is 0. The van der Waals surface area contributed by atoms with Gasteiger partial charge in [-0.25, -0.2) is 0 Å². The average molecular weight is 248 g/mol. The third kappa shape index (κ3) is 1.96. The van der Waals surface area contributed by atoms with Crippen molar-refractivity contribution in [2.45, 2.75) is 31.7 Å². The highest BCUT2D eigenvalue weighted by atomic mass is 16.6. The highest BCUT2D eigenvalue weighted by Crippen LogP contribution is 2.56. The predicted octanol–water partition coefficient (Wildman–Crippen LogP) is 1.99. The van der Waals surface area contributed by atoms with Crippen molar-refractivity contribution in [1.29, 1.82) is 0 Å². The summed E-state index contributed by atoms with van der Waals surface area (Å²) in [4.78, 5) is 0. The van der Waals surface area contributed by atoms with Gasteiger partial charge in [0.25, 0.3) is 0 Å². The maximum atomic E-state index is 9.49. The zero-order valence-corrected chi connectivity index (χ0v) is 10.7. The van der Waals surface area contributed by atoms with Gasteiger partial charge in [-0.2, -0.15) is 0 Å². The van der Waals surface area contributed by atoms with Gasteiger partial charge in [-0.3, -0.25) is 0 Å². The molecule has 2 fully saturated rings. The van der Waals surface area contributed by atoms with Crippen LogP contribution in [0.25, 0.3) is 0 Å². The standard InChI is InChI=1S/C15H20O3/c1-11-7-14-15(10-16,18-14)13(11)9-17-8-12-5-3-2-4-6-12/h2-6,11,13-14,16H,7-10H2,1H3. The lowest BCUT2D eigenvalue weighted by molar-refractivity contribution is 0.00954. The molecule has 0 spiro atoms. The summed E-state index contributed by atoms with van der Waals surface area (Å²) in [5, 5.41) is 9.49. The summed E-state index contributed by atoms with van der Waals surface area (Å²) in [5.74, 6) is 0.905. The molecule has 1 saturated carbocycles. The van der Waals surface area contributed by atoms with E-state index in [0.29, 0.717) is 25.0 Å². The van der Waals surface area contributed by atoms with E-state index in [0.717, 1.165) is 6.42 Å². The molecule has 1 saturated heterocycles. The molecule has 3 rings (SSSR count). The second-order valence-electron chi connectivity index (χ2n) is 5.54. The molecule has 4 atom stereocenters. The number of hydrogen-bond acceptors (Lipinski definition) is 3. The Labute approximate surface area is 108 Å². The number of rotatable bonds is 5. The van der Waals surface area contributed by atoms with E-state index in [4.69, 9.17) is 9.47 Å². The molecule has 1 heterocycles. The van der Waals surface area contributed by atoms with Crippen LogP contribution >= 0.6 is 0 Å². The van der Waals surface area contributed by atoms with Crippen LogP contribution in [0, 0.1) is 11.8 Å². The number of epoxide rings is 1. The second kappa shape index (κ2) is 4.65. The Morgan fingerprint density at radius 3 is 2.89 bits per heavy atom. The molecule has 0 aromatic heterocycles. The van der Waals surface area contributed by atoms with Gasteiger partial charge in [-0.1, -0.05) is 37.3 Å². The third-order valence-electron chi connectivity index (χ3n) is 4.41. The fraction of sp³-hybridized carbons (Fsp3) is 0.600. The van der Waals surface area contributed by atoms with E-state index in [-0.39, 0.29) is 18.3 Å². The largest absolute Gasteiger partial charge is 0.393 e. The Kier molecular flexibility index (Phi) is 3.14. The van der Waals surface area contributed by atoms with Gasteiger partial charge in [-0.15, -0.1) is 0 Å². The van der Waals surface area contributed by atoms with Crippen molar-refractivity contribution in [2.75, 3.05) is 13.2 Å². The van der Waals surface area contributed by atoms with Crippen LogP contribution in [-0.4, -0.2) is 30.0 Å². The van der Waals surface area contributed by atoms with Gasteiger partial charge < -0.3 is 14.6 Å². The minimum Gasteiger partial charge on any atom is -0.393 e.